The van der Waals surface area contributed by atoms with Crippen molar-refractivity contribution >= 4 is 17.5 Å². The van der Waals surface area contributed by atoms with Crippen molar-refractivity contribution in [1.29, 1.82) is 0 Å². The number of carbonyl (C=O) groups excluding carboxylic acids is 2. The van der Waals surface area contributed by atoms with Crippen LogP contribution in [0.3, 0.4) is 0 Å². The minimum atomic E-state index is -0.286. The molecule has 0 aliphatic carbocycles. The van der Waals surface area contributed by atoms with Crippen molar-refractivity contribution in [3.05, 3.63) is 58.9 Å². The molecule has 2 rings (SSSR count). The van der Waals surface area contributed by atoms with E-state index in [1.807, 2.05) is 45.9 Å². The van der Waals surface area contributed by atoms with Gasteiger partial charge in [-0.3, -0.25) is 14.6 Å². The van der Waals surface area contributed by atoms with Crippen molar-refractivity contribution < 1.29 is 9.59 Å². The third kappa shape index (κ3) is 4.65. The standard InChI is InChI=1S/C19H23N3O2/c1-5-14(4)21-18(23)15-9-16(11-20-10-15)19(24)22-17-7-12(2)6-13(3)8-17/h6-11,14H,5H2,1-4H3,(H,21,23)(H,22,24). The summed E-state index contributed by atoms with van der Waals surface area (Å²) in [5.74, 6) is -0.511. The summed E-state index contributed by atoms with van der Waals surface area (Å²) < 4.78 is 0. The second-order valence-corrected chi connectivity index (χ2v) is 6.08. The number of hydrogen-bond donors (Lipinski definition) is 2. The predicted molar refractivity (Wildman–Crippen MR) is 95.3 cm³/mol. The van der Waals surface area contributed by atoms with Crippen LogP contribution in [0.15, 0.2) is 36.7 Å². The lowest BCUT2D eigenvalue weighted by Crippen LogP contribution is -2.32. The van der Waals surface area contributed by atoms with Gasteiger partial charge < -0.3 is 10.6 Å². The van der Waals surface area contributed by atoms with E-state index in [0.29, 0.717) is 11.1 Å². The summed E-state index contributed by atoms with van der Waals surface area (Å²) in [5.41, 5.74) is 3.61. The maximum Gasteiger partial charge on any atom is 0.257 e. The van der Waals surface area contributed by atoms with Gasteiger partial charge in [0.15, 0.2) is 0 Å². The largest absolute Gasteiger partial charge is 0.350 e. The van der Waals surface area contributed by atoms with E-state index in [0.717, 1.165) is 23.2 Å². The van der Waals surface area contributed by atoms with Crippen molar-refractivity contribution in [2.45, 2.75) is 40.2 Å². The SMILES string of the molecule is CCC(C)NC(=O)c1cncc(C(=O)Nc2cc(C)cc(C)c2)c1. The summed E-state index contributed by atoms with van der Waals surface area (Å²) in [6.07, 6.45) is 3.76. The van der Waals surface area contributed by atoms with E-state index in [1.165, 1.54) is 12.4 Å². The topological polar surface area (TPSA) is 71.1 Å². The minimum Gasteiger partial charge on any atom is -0.350 e. The quantitative estimate of drug-likeness (QED) is 0.884. The number of hydrogen-bond acceptors (Lipinski definition) is 3. The molecule has 1 heterocycles. The van der Waals surface area contributed by atoms with Crippen LogP contribution in [0.2, 0.25) is 0 Å². The summed E-state index contributed by atoms with van der Waals surface area (Å²) in [4.78, 5) is 28.6. The summed E-state index contributed by atoms with van der Waals surface area (Å²) in [7, 11) is 0. The van der Waals surface area contributed by atoms with Crippen LogP contribution in [0, 0.1) is 13.8 Å². The molecule has 0 aliphatic heterocycles. The molecule has 1 aromatic heterocycles. The Balaban J connectivity index is 2.15. The Bertz CT molecular complexity index is 736. The zero-order valence-corrected chi connectivity index (χ0v) is 14.5. The molecule has 0 radical (unpaired) electrons. The molecule has 0 bridgehead atoms. The van der Waals surface area contributed by atoms with E-state index in [9.17, 15) is 9.59 Å². The van der Waals surface area contributed by atoms with Gasteiger partial charge in [0.1, 0.15) is 0 Å². The number of amides is 2. The fraction of sp³-hybridized carbons (Fsp3) is 0.316. The fourth-order valence-corrected chi connectivity index (χ4v) is 2.35. The number of rotatable bonds is 5. The van der Waals surface area contributed by atoms with Gasteiger partial charge in [0.05, 0.1) is 11.1 Å². The van der Waals surface area contributed by atoms with Crippen LogP contribution < -0.4 is 10.6 Å². The van der Waals surface area contributed by atoms with Gasteiger partial charge in [-0.05, 0) is 56.5 Å². The Hall–Kier alpha value is -2.69. The van der Waals surface area contributed by atoms with Crippen molar-refractivity contribution in [3.8, 4) is 0 Å². The van der Waals surface area contributed by atoms with Crippen LogP contribution in [0.1, 0.15) is 52.1 Å². The summed E-state index contributed by atoms with van der Waals surface area (Å²) in [5, 5.41) is 5.71. The highest BCUT2D eigenvalue weighted by molar-refractivity contribution is 6.05. The van der Waals surface area contributed by atoms with E-state index in [4.69, 9.17) is 0 Å². The molecule has 1 atom stereocenters. The molecule has 5 nitrogen and oxygen atoms in total. The average molecular weight is 325 g/mol. The van der Waals surface area contributed by atoms with Gasteiger partial charge in [0.2, 0.25) is 0 Å². The molecule has 2 aromatic rings. The number of aryl methyl sites for hydroxylation is 2. The number of benzene rings is 1. The van der Waals surface area contributed by atoms with E-state index in [-0.39, 0.29) is 17.9 Å². The maximum atomic E-state index is 12.4. The second kappa shape index (κ2) is 7.73. The van der Waals surface area contributed by atoms with Crippen LogP contribution in [0.4, 0.5) is 5.69 Å². The normalized spacial score (nSPS) is 11.7. The first-order valence-electron chi connectivity index (χ1n) is 8.04. The smallest absolute Gasteiger partial charge is 0.257 e. The molecule has 2 amide bonds. The molecule has 24 heavy (non-hydrogen) atoms. The summed E-state index contributed by atoms with van der Waals surface area (Å²) in [6.45, 7) is 7.88. The first-order chi connectivity index (χ1) is 11.4. The zero-order chi connectivity index (χ0) is 17.7. The van der Waals surface area contributed by atoms with Crippen molar-refractivity contribution in [2.75, 3.05) is 5.32 Å². The molecular formula is C19H23N3O2. The average Bonchev–Trinajstić information content (AvgIpc) is 2.53. The third-order valence-corrected chi connectivity index (χ3v) is 3.73. The molecule has 126 valence electrons. The molecule has 0 spiro atoms. The lowest BCUT2D eigenvalue weighted by molar-refractivity contribution is 0.0939. The lowest BCUT2D eigenvalue weighted by atomic mass is 10.1. The van der Waals surface area contributed by atoms with Gasteiger partial charge in [0, 0.05) is 24.1 Å². The molecule has 1 unspecified atom stereocenters. The zero-order valence-electron chi connectivity index (χ0n) is 14.5. The summed E-state index contributed by atoms with van der Waals surface area (Å²) >= 11 is 0. The molecule has 5 heteroatoms. The first kappa shape index (κ1) is 17.7. The van der Waals surface area contributed by atoms with Gasteiger partial charge in [-0.15, -0.1) is 0 Å². The highest BCUT2D eigenvalue weighted by Gasteiger charge is 2.13. The molecule has 0 saturated heterocycles. The molecule has 2 N–H and O–H groups in total. The number of anilines is 1. The molecule has 1 aromatic carbocycles. The number of carbonyl (C=O) groups is 2. The lowest BCUT2D eigenvalue weighted by Gasteiger charge is -2.12. The monoisotopic (exact) mass is 325 g/mol. The fourth-order valence-electron chi connectivity index (χ4n) is 2.35. The van der Waals surface area contributed by atoms with Crippen molar-refractivity contribution in [2.24, 2.45) is 0 Å². The first-order valence-corrected chi connectivity index (χ1v) is 8.04. The van der Waals surface area contributed by atoms with Gasteiger partial charge in [0.25, 0.3) is 11.8 Å². The van der Waals surface area contributed by atoms with E-state index in [1.54, 1.807) is 6.07 Å². The maximum absolute atomic E-state index is 12.4. The van der Waals surface area contributed by atoms with Gasteiger partial charge in [-0.2, -0.15) is 0 Å². The van der Waals surface area contributed by atoms with Crippen LogP contribution in [0.5, 0.6) is 0 Å². The highest BCUT2D eigenvalue weighted by Crippen LogP contribution is 2.15. The Labute approximate surface area is 142 Å². The van der Waals surface area contributed by atoms with Gasteiger partial charge in [-0.1, -0.05) is 13.0 Å². The Kier molecular flexibility index (Phi) is 5.68. The Morgan fingerprint density at radius 3 is 2.17 bits per heavy atom. The number of nitrogens with zero attached hydrogens (tertiary/aromatic N) is 1. The second-order valence-electron chi connectivity index (χ2n) is 6.08. The number of aromatic nitrogens is 1. The minimum absolute atomic E-state index is 0.0743. The van der Waals surface area contributed by atoms with Crippen LogP contribution >= 0.6 is 0 Å². The number of pyridine rings is 1. The van der Waals surface area contributed by atoms with E-state index in [2.05, 4.69) is 15.6 Å². The predicted octanol–water partition coefficient (Wildman–Crippen LogP) is 3.48. The molecule has 0 saturated carbocycles. The number of nitrogens with one attached hydrogen (secondary N) is 2. The molecule has 0 fully saturated rings. The van der Waals surface area contributed by atoms with Gasteiger partial charge >= 0.3 is 0 Å². The Morgan fingerprint density at radius 2 is 1.58 bits per heavy atom. The van der Waals surface area contributed by atoms with Crippen LogP contribution in [-0.2, 0) is 0 Å². The van der Waals surface area contributed by atoms with Crippen LogP contribution in [-0.4, -0.2) is 22.8 Å². The molecule has 0 aliphatic rings. The van der Waals surface area contributed by atoms with Crippen LogP contribution in [0.25, 0.3) is 0 Å². The summed E-state index contributed by atoms with van der Waals surface area (Å²) in [6, 6.07) is 7.47. The Morgan fingerprint density at radius 1 is 1.00 bits per heavy atom. The van der Waals surface area contributed by atoms with E-state index < -0.39 is 0 Å². The van der Waals surface area contributed by atoms with Crippen molar-refractivity contribution in [3.63, 3.8) is 0 Å². The van der Waals surface area contributed by atoms with E-state index >= 15 is 0 Å². The van der Waals surface area contributed by atoms with Gasteiger partial charge in [-0.25, -0.2) is 0 Å². The van der Waals surface area contributed by atoms with Crippen molar-refractivity contribution in [1.82, 2.24) is 10.3 Å². The highest BCUT2D eigenvalue weighted by atomic mass is 16.2. The molecular weight excluding hydrogens is 302 g/mol. The third-order valence-electron chi connectivity index (χ3n) is 3.73.